The lowest BCUT2D eigenvalue weighted by molar-refractivity contribution is -0.145. The number of nitrogens with two attached hydrogens (primary N) is 1. The smallest absolute Gasteiger partial charge is 0.250 e. The number of carbonyl (C=O) groups excluding carboxylic acids is 3. The van der Waals surface area contributed by atoms with Crippen LogP contribution in [0.15, 0.2) is 42.5 Å². The molecule has 2 aromatic rings. The minimum Gasteiger partial charge on any atom is -0.366 e. The van der Waals surface area contributed by atoms with Crippen molar-refractivity contribution in [2.45, 2.75) is 39.0 Å². The maximum absolute atomic E-state index is 13.1. The number of hydrogen-bond donors (Lipinski definition) is 4. The van der Waals surface area contributed by atoms with Crippen LogP contribution in [0.25, 0.3) is 0 Å². The Hall–Kier alpha value is -2.98. The van der Waals surface area contributed by atoms with Gasteiger partial charge in [0.1, 0.15) is 6.04 Å². The molecule has 0 aliphatic carbocycles. The molecule has 3 amide bonds. The predicted molar refractivity (Wildman–Crippen MR) is 135 cm³/mol. The molecule has 10 heteroatoms. The Morgan fingerprint density at radius 2 is 1.71 bits per heavy atom. The number of hydrogen-bond acceptors (Lipinski definition) is 6. The van der Waals surface area contributed by atoms with Crippen molar-refractivity contribution in [2.24, 2.45) is 5.73 Å². The minimum atomic E-state index is -0.950. The molecule has 9 nitrogen and oxygen atoms in total. The van der Waals surface area contributed by atoms with E-state index in [4.69, 9.17) is 17.3 Å². The molecule has 0 saturated heterocycles. The quantitative estimate of drug-likeness (QED) is 0.348. The minimum absolute atomic E-state index is 0.108. The highest BCUT2D eigenvalue weighted by Gasteiger charge is 2.28. The molecule has 35 heavy (non-hydrogen) atoms. The third kappa shape index (κ3) is 7.02. The summed E-state index contributed by atoms with van der Waals surface area (Å²) in [7, 11) is 1.71. The average molecular weight is 501 g/mol. The molecule has 1 unspecified atom stereocenters. The summed E-state index contributed by atoms with van der Waals surface area (Å²) in [6.45, 7) is 6.17. The van der Waals surface area contributed by atoms with E-state index in [1.165, 1.54) is 29.3 Å². The number of hydrazine groups is 1. The zero-order chi connectivity index (χ0) is 25.5. The summed E-state index contributed by atoms with van der Waals surface area (Å²) in [5.41, 5.74) is 8.39. The summed E-state index contributed by atoms with van der Waals surface area (Å²) in [5.74, 6) is -1.20. The largest absolute Gasteiger partial charge is 0.366 e. The SMILES string of the molecule is CC(C)NCCNC(=O)C(NCC(=O)N(C)N1Cc2ccccc2C1)c1cc(C(N)=O)ccc1Cl. The topological polar surface area (TPSA) is 120 Å². The molecule has 1 aliphatic heterocycles. The van der Waals surface area contributed by atoms with Crippen LogP contribution in [-0.4, -0.2) is 60.5 Å². The Kier molecular flexibility index (Phi) is 9.22. The number of fused-ring (bicyclic) bond motifs is 1. The number of amides is 3. The van der Waals surface area contributed by atoms with Crippen LogP contribution in [0.2, 0.25) is 5.02 Å². The number of halogens is 1. The molecule has 1 heterocycles. The van der Waals surface area contributed by atoms with Crippen LogP contribution in [-0.2, 0) is 22.7 Å². The standard InChI is InChI=1S/C25H33ClN6O3/c1-16(2)28-10-11-29-25(35)23(20-12-17(24(27)34)8-9-21(20)26)30-13-22(33)31(3)32-14-18-6-4-5-7-19(18)15-32/h4-9,12,16,23,28,30H,10-11,13-15H2,1-3H3,(H2,27,34)(H,29,35). The molecule has 1 aliphatic rings. The number of rotatable bonds is 11. The Bertz CT molecular complexity index is 1050. The van der Waals surface area contributed by atoms with Crippen molar-refractivity contribution in [3.05, 3.63) is 69.7 Å². The molecule has 0 aromatic heterocycles. The monoisotopic (exact) mass is 500 g/mol. The van der Waals surface area contributed by atoms with Gasteiger partial charge in [-0.2, -0.15) is 0 Å². The van der Waals surface area contributed by atoms with Crippen molar-refractivity contribution >= 4 is 29.3 Å². The molecule has 3 rings (SSSR count). The van der Waals surface area contributed by atoms with Gasteiger partial charge in [-0.05, 0) is 34.9 Å². The Morgan fingerprint density at radius 1 is 1.06 bits per heavy atom. The van der Waals surface area contributed by atoms with Gasteiger partial charge in [-0.1, -0.05) is 49.7 Å². The third-order valence-corrected chi connectivity index (χ3v) is 6.24. The number of nitrogens with zero attached hydrogens (tertiary/aromatic N) is 2. The second-order valence-electron chi connectivity index (χ2n) is 8.82. The fraction of sp³-hybridized carbons (Fsp3) is 0.400. The molecule has 188 valence electrons. The summed E-state index contributed by atoms with van der Waals surface area (Å²) in [6.07, 6.45) is 0. The molecule has 0 spiro atoms. The maximum Gasteiger partial charge on any atom is 0.250 e. The summed E-state index contributed by atoms with van der Waals surface area (Å²) in [4.78, 5) is 37.8. The second kappa shape index (κ2) is 12.1. The van der Waals surface area contributed by atoms with Gasteiger partial charge >= 0.3 is 0 Å². The fourth-order valence-electron chi connectivity index (χ4n) is 3.90. The molecular formula is C25H33ClN6O3. The van der Waals surface area contributed by atoms with Crippen molar-refractivity contribution in [3.8, 4) is 0 Å². The first kappa shape index (κ1) is 26.6. The number of likely N-dealkylation sites (N-methyl/N-ethyl adjacent to an activating group) is 1. The number of carbonyl (C=O) groups is 3. The van der Waals surface area contributed by atoms with E-state index in [1.807, 2.05) is 43.1 Å². The van der Waals surface area contributed by atoms with Crippen molar-refractivity contribution in [3.63, 3.8) is 0 Å². The molecule has 0 saturated carbocycles. The molecular weight excluding hydrogens is 468 g/mol. The Labute approximate surface area is 210 Å². The molecule has 5 N–H and O–H groups in total. The van der Waals surface area contributed by atoms with E-state index >= 15 is 0 Å². The summed E-state index contributed by atoms with van der Waals surface area (Å²) in [6, 6.07) is 11.9. The van der Waals surface area contributed by atoms with E-state index in [9.17, 15) is 14.4 Å². The van der Waals surface area contributed by atoms with Crippen LogP contribution in [0.4, 0.5) is 0 Å². The van der Waals surface area contributed by atoms with Gasteiger partial charge in [-0.3, -0.25) is 24.7 Å². The van der Waals surface area contributed by atoms with Crippen molar-refractivity contribution < 1.29 is 14.4 Å². The summed E-state index contributed by atoms with van der Waals surface area (Å²) < 4.78 is 0. The molecule has 0 bridgehead atoms. The lowest BCUT2D eigenvalue weighted by Crippen LogP contribution is -2.47. The molecule has 1 atom stereocenters. The maximum atomic E-state index is 13.1. The number of benzene rings is 2. The van der Waals surface area contributed by atoms with Gasteiger partial charge in [-0.15, -0.1) is 0 Å². The average Bonchev–Trinajstić information content (AvgIpc) is 3.26. The fourth-order valence-corrected chi connectivity index (χ4v) is 4.13. The van der Waals surface area contributed by atoms with E-state index in [-0.39, 0.29) is 30.0 Å². The predicted octanol–water partition coefficient (Wildman–Crippen LogP) is 1.57. The summed E-state index contributed by atoms with van der Waals surface area (Å²) >= 11 is 6.39. The van der Waals surface area contributed by atoms with Crippen molar-refractivity contribution in [2.75, 3.05) is 26.7 Å². The van der Waals surface area contributed by atoms with Crippen LogP contribution in [0, 0.1) is 0 Å². The molecule has 0 radical (unpaired) electrons. The van der Waals surface area contributed by atoms with Gasteiger partial charge < -0.3 is 16.4 Å². The van der Waals surface area contributed by atoms with Gasteiger partial charge in [0.2, 0.25) is 11.8 Å². The molecule has 2 aromatic carbocycles. The lowest BCUT2D eigenvalue weighted by atomic mass is 10.0. The second-order valence-corrected chi connectivity index (χ2v) is 9.23. The van der Waals surface area contributed by atoms with E-state index < -0.39 is 11.9 Å². The van der Waals surface area contributed by atoms with Gasteiger partial charge in [0.15, 0.2) is 0 Å². The van der Waals surface area contributed by atoms with Gasteiger partial charge in [0, 0.05) is 49.9 Å². The first-order chi connectivity index (χ1) is 16.7. The first-order valence-corrected chi connectivity index (χ1v) is 12.0. The third-order valence-electron chi connectivity index (χ3n) is 5.90. The van der Waals surface area contributed by atoms with Crippen molar-refractivity contribution in [1.82, 2.24) is 26.0 Å². The zero-order valence-corrected chi connectivity index (χ0v) is 21.1. The van der Waals surface area contributed by atoms with E-state index in [1.54, 1.807) is 12.1 Å². The van der Waals surface area contributed by atoms with Crippen molar-refractivity contribution in [1.29, 1.82) is 0 Å². The lowest BCUT2D eigenvalue weighted by Gasteiger charge is -2.29. The highest BCUT2D eigenvalue weighted by Crippen LogP contribution is 2.26. The van der Waals surface area contributed by atoms with Gasteiger partial charge in [-0.25, -0.2) is 5.01 Å². The van der Waals surface area contributed by atoms with Crippen LogP contribution < -0.4 is 21.7 Å². The van der Waals surface area contributed by atoms with E-state index in [0.717, 1.165) is 0 Å². The normalized spacial score (nSPS) is 14.0. The van der Waals surface area contributed by atoms with Crippen LogP contribution in [0.1, 0.15) is 46.9 Å². The first-order valence-electron chi connectivity index (χ1n) is 11.6. The van der Waals surface area contributed by atoms with Crippen LogP contribution in [0.3, 0.4) is 0 Å². The Morgan fingerprint density at radius 3 is 2.31 bits per heavy atom. The van der Waals surface area contributed by atoms with Crippen LogP contribution >= 0.6 is 11.6 Å². The van der Waals surface area contributed by atoms with Gasteiger partial charge in [0.25, 0.3) is 5.91 Å². The van der Waals surface area contributed by atoms with Crippen LogP contribution in [0.5, 0.6) is 0 Å². The summed E-state index contributed by atoms with van der Waals surface area (Å²) in [5, 5.41) is 12.9. The highest BCUT2D eigenvalue weighted by molar-refractivity contribution is 6.31. The highest BCUT2D eigenvalue weighted by atomic mass is 35.5. The number of nitrogens with one attached hydrogen (secondary N) is 3. The Balaban J connectivity index is 1.70. The number of primary amides is 1. The zero-order valence-electron chi connectivity index (χ0n) is 20.3. The van der Waals surface area contributed by atoms with Gasteiger partial charge in [0.05, 0.1) is 6.54 Å². The van der Waals surface area contributed by atoms with E-state index in [0.29, 0.717) is 36.8 Å². The molecule has 0 fully saturated rings. The van der Waals surface area contributed by atoms with E-state index in [2.05, 4.69) is 16.0 Å².